The molecule has 30 heavy (non-hydrogen) atoms. The normalized spacial score (nSPS) is 19.9. The van der Waals surface area contributed by atoms with E-state index in [4.69, 9.17) is 9.47 Å². The molecule has 4 heterocycles. The number of hydrogen-bond acceptors (Lipinski definition) is 6. The molecule has 1 aromatic carbocycles. The molecule has 2 aliphatic rings. The molecule has 156 valence electrons. The zero-order valence-electron chi connectivity index (χ0n) is 16.4. The van der Waals surface area contributed by atoms with Crippen molar-refractivity contribution in [1.82, 2.24) is 20.0 Å². The van der Waals surface area contributed by atoms with E-state index in [1.165, 1.54) is 11.3 Å². The molecule has 0 spiro atoms. The van der Waals surface area contributed by atoms with E-state index >= 15 is 0 Å². The first-order chi connectivity index (χ1) is 14.7. The Hall–Kier alpha value is -2.75. The molecule has 1 atom stereocenters. The van der Waals surface area contributed by atoms with Crippen molar-refractivity contribution >= 4 is 33.2 Å². The van der Waals surface area contributed by atoms with Crippen LogP contribution in [0.4, 0.5) is 0 Å². The number of nitrogens with zero attached hydrogens (tertiary/aromatic N) is 3. The maximum atomic E-state index is 13.4. The lowest BCUT2D eigenvalue weighted by Gasteiger charge is -2.33. The largest absolute Gasteiger partial charge is 0.378 e. The van der Waals surface area contributed by atoms with Gasteiger partial charge in [0, 0.05) is 36.1 Å². The van der Waals surface area contributed by atoms with Gasteiger partial charge >= 0.3 is 0 Å². The molecular formula is C21H22N4O4S. The summed E-state index contributed by atoms with van der Waals surface area (Å²) >= 11 is 1.50. The molecule has 0 radical (unpaired) electrons. The average Bonchev–Trinajstić information content (AvgIpc) is 3.47. The lowest BCUT2D eigenvalue weighted by molar-refractivity contribution is -0.0227. The van der Waals surface area contributed by atoms with Gasteiger partial charge in [0.2, 0.25) is 0 Å². The van der Waals surface area contributed by atoms with E-state index in [1.807, 2.05) is 29.2 Å². The van der Waals surface area contributed by atoms with Crippen LogP contribution in [-0.4, -0.2) is 77.8 Å². The fourth-order valence-corrected chi connectivity index (χ4v) is 5.23. The molecule has 2 fully saturated rings. The fourth-order valence-electron chi connectivity index (χ4n) is 4.01. The van der Waals surface area contributed by atoms with Crippen molar-refractivity contribution in [1.29, 1.82) is 0 Å². The molecular weight excluding hydrogens is 404 g/mol. The van der Waals surface area contributed by atoms with Crippen LogP contribution in [0.15, 0.2) is 36.5 Å². The molecule has 2 aliphatic heterocycles. The minimum atomic E-state index is -0.359. The Bertz CT molecular complexity index is 1060. The number of rotatable bonds is 3. The number of hydrogen-bond donors (Lipinski definition) is 1. The maximum absolute atomic E-state index is 13.4. The molecule has 8 nitrogen and oxygen atoms in total. The van der Waals surface area contributed by atoms with Gasteiger partial charge in [-0.1, -0.05) is 18.2 Å². The van der Waals surface area contributed by atoms with E-state index in [0.717, 1.165) is 15.6 Å². The number of morpholine rings is 2. The summed E-state index contributed by atoms with van der Waals surface area (Å²) in [6.45, 7) is 3.59. The fraction of sp³-hybridized carbons (Fsp3) is 0.381. The van der Waals surface area contributed by atoms with Gasteiger partial charge in [-0.3, -0.25) is 14.7 Å². The Morgan fingerprint density at radius 2 is 1.83 bits per heavy atom. The third-order valence-corrected chi connectivity index (χ3v) is 6.71. The smallest absolute Gasteiger partial charge is 0.272 e. The third kappa shape index (κ3) is 3.49. The van der Waals surface area contributed by atoms with Gasteiger partial charge in [-0.2, -0.15) is 5.10 Å². The molecule has 2 amide bonds. The standard InChI is InChI=1S/C21H22N4O4S/c26-20(15-5-6-22-23-15)25-9-12-29-16(13-25)18-14-3-1-2-4-17(14)30-19(18)21(27)24-7-10-28-11-8-24/h1-6,16H,7-13H2,(H,22,23)/t16-/m0/s1. The summed E-state index contributed by atoms with van der Waals surface area (Å²) in [5.41, 5.74) is 1.34. The van der Waals surface area contributed by atoms with E-state index in [1.54, 1.807) is 17.2 Å². The molecule has 1 N–H and O–H groups in total. The zero-order valence-corrected chi connectivity index (χ0v) is 17.2. The van der Waals surface area contributed by atoms with Crippen LogP contribution in [0.2, 0.25) is 0 Å². The van der Waals surface area contributed by atoms with E-state index in [0.29, 0.717) is 56.6 Å². The number of aromatic nitrogens is 2. The van der Waals surface area contributed by atoms with Crippen molar-refractivity contribution in [3.8, 4) is 0 Å². The van der Waals surface area contributed by atoms with E-state index in [2.05, 4.69) is 10.2 Å². The molecule has 2 saturated heterocycles. The van der Waals surface area contributed by atoms with Crippen LogP contribution in [0.1, 0.15) is 31.8 Å². The molecule has 9 heteroatoms. The van der Waals surface area contributed by atoms with Crippen molar-refractivity contribution in [2.75, 3.05) is 46.0 Å². The van der Waals surface area contributed by atoms with Gasteiger partial charge in [-0.05, 0) is 17.5 Å². The highest BCUT2D eigenvalue weighted by atomic mass is 32.1. The molecule has 5 rings (SSSR count). The number of thiophene rings is 1. The molecule has 2 aromatic heterocycles. The van der Waals surface area contributed by atoms with Crippen molar-refractivity contribution in [3.05, 3.63) is 52.7 Å². The highest BCUT2D eigenvalue weighted by molar-refractivity contribution is 7.21. The maximum Gasteiger partial charge on any atom is 0.272 e. The SMILES string of the molecule is O=C(c1ccn[nH]1)N1CCO[C@H](c2c(C(=O)N3CCOCC3)sc3ccccc23)C1. The average molecular weight is 426 g/mol. The second kappa shape index (κ2) is 8.17. The van der Waals surface area contributed by atoms with Gasteiger partial charge in [0.1, 0.15) is 11.8 Å². The minimum Gasteiger partial charge on any atom is -0.378 e. The number of ether oxygens (including phenoxy) is 2. The van der Waals surface area contributed by atoms with E-state index in [-0.39, 0.29) is 17.9 Å². The van der Waals surface area contributed by atoms with Crippen LogP contribution in [-0.2, 0) is 9.47 Å². The van der Waals surface area contributed by atoms with Crippen LogP contribution in [0.5, 0.6) is 0 Å². The highest BCUT2D eigenvalue weighted by Gasteiger charge is 2.33. The molecule has 0 unspecified atom stereocenters. The number of nitrogens with one attached hydrogen (secondary N) is 1. The Kier molecular flexibility index (Phi) is 5.24. The first-order valence-corrected chi connectivity index (χ1v) is 10.8. The van der Waals surface area contributed by atoms with Crippen molar-refractivity contribution in [2.24, 2.45) is 0 Å². The molecule has 0 saturated carbocycles. The van der Waals surface area contributed by atoms with E-state index < -0.39 is 0 Å². The predicted molar refractivity (Wildman–Crippen MR) is 112 cm³/mol. The summed E-state index contributed by atoms with van der Waals surface area (Å²) in [6.07, 6.45) is 1.21. The van der Waals surface area contributed by atoms with Gasteiger partial charge in [0.25, 0.3) is 11.8 Å². The number of aromatic amines is 1. The Morgan fingerprint density at radius 3 is 2.63 bits per heavy atom. The summed E-state index contributed by atoms with van der Waals surface area (Å²) in [5.74, 6) is -0.100. The monoisotopic (exact) mass is 426 g/mol. The Balaban J connectivity index is 1.49. The Labute approximate surface area is 177 Å². The van der Waals surface area contributed by atoms with Gasteiger partial charge in [0.15, 0.2) is 0 Å². The molecule has 3 aromatic rings. The van der Waals surface area contributed by atoms with Gasteiger partial charge in [-0.15, -0.1) is 11.3 Å². The van der Waals surface area contributed by atoms with Crippen molar-refractivity contribution < 1.29 is 19.1 Å². The third-order valence-electron chi connectivity index (χ3n) is 5.53. The summed E-state index contributed by atoms with van der Waals surface area (Å²) in [6, 6.07) is 9.66. The number of fused-ring (bicyclic) bond motifs is 1. The summed E-state index contributed by atoms with van der Waals surface area (Å²) < 4.78 is 12.5. The van der Waals surface area contributed by atoms with Crippen molar-refractivity contribution in [2.45, 2.75) is 6.10 Å². The van der Waals surface area contributed by atoms with Crippen LogP contribution >= 0.6 is 11.3 Å². The van der Waals surface area contributed by atoms with Gasteiger partial charge < -0.3 is 19.3 Å². The summed E-state index contributed by atoms with van der Waals surface area (Å²) in [7, 11) is 0. The number of amides is 2. The van der Waals surface area contributed by atoms with Crippen LogP contribution in [0, 0.1) is 0 Å². The topological polar surface area (TPSA) is 87.8 Å². The second-order valence-corrected chi connectivity index (χ2v) is 8.38. The number of carbonyl (C=O) groups excluding carboxylic acids is 2. The second-order valence-electron chi connectivity index (χ2n) is 7.33. The van der Waals surface area contributed by atoms with Crippen LogP contribution in [0.25, 0.3) is 10.1 Å². The van der Waals surface area contributed by atoms with Gasteiger partial charge in [-0.25, -0.2) is 0 Å². The van der Waals surface area contributed by atoms with E-state index in [9.17, 15) is 9.59 Å². The predicted octanol–water partition coefficient (Wildman–Crippen LogP) is 2.31. The zero-order chi connectivity index (χ0) is 20.5. The lowest BCUT2D eigenvalue weighted by Crippen LogP contribution is -2.43. The first kappa shape index (κ1) is 19.2. The van der Waals surface area contributed by atoms with Crippen LogP contribution < -0.4 is 0 Å². The van der Waals surface area contributed by atoms with Gasteiger partial charge in [0.05, 0.1) is 31.2 Å². The Morgan fingerprint density at radius 1 is 1.03 bits per heavy atom. The minimum absolute atomic E-state index is 0.00937. The van der Waals surface area contributed by atoms with Crippen LogP contribution in [0.3, 0.4) is 0 Å². The highest BCUT2D eigenvalue weighted by Crippen LogP contribution is 2.39. The summed E-state index contributed by atoms with van der Waals surface area (Å²) in [4.78, 5) is 30.5. The summed E-state index contributed by atoms with van der Waals surface area (Å²) in [5, 5.41) is 7.62. The number of carbonyl (C=O) groups is 2. The number of benzene rings is 1. The molecule has 0 bridgehead atoms. The quantitative estimate of drug-likeness (QED) is 0.695. The number of H-pyrrole nitrogens is 1. The lowest BCUT2D eigenvalue weighted by atomic mass is 10.0. The molecule has 0 aliphatic carbocycles. The van der Waals surface area contributed by atoms with Crippen molar-refractivity contribution in [3.63, 3.8) is 0 Å². The first-order valence-electron chi connectivity index (χ1n) is 10.0.